The summed E-state index contributed by atoms with van der Waals surface area (Å²) in [5, 5.41) is 11.8. The Morgan fingerprint density at radius 3 is 2.42 bits per heavy atom. The second-order valence-corrected chi connectivity index (χ2v) is 6.02. The van der Waals surface area contributed by atoms with E-state index in [1.54, 1.807) is 38.1 Å². The Bertz CT molecular complexity index is 499. The molecule has 0 aliphatic carbocycles. The second kappa shape index (κ2) is 5.13. The molecule has 0 atom stereocenters. The van der Waals surface area contributed by atoms with Crippen LogP contribution < -0.4 is 5.32 Å². The number of rotatable bonds is 4. The molecule has 0 aromatic heterocycles. The van der Waals surface area contributed by atoms with Gasteiger partial charge in [-0.05, 0) is 38.1 Å². The Labute approximate surface area is 116 Å². The summed E-state index contributed by atoms with van der Waals surface area (Å²) in [6, 6.07) is 6.49. The number of hydrogen-bond donors (Lipinski definition) is 2. The molecule has 6 heteroatoms. The molecule has 1 fully saturated rings. The summed E-state index contributed by atoms with van der Waals surface area (Å²) >= 11 is 1.54. The van der Waals surface area contributed by atoms with E-state index in [2.05, 4.69) is 5.32 Å². The third kappa shape index (κ3) is 3.01. The molecule has 0 bridgehead atoms. The Morgan fingerprint density at radius 2 is 1.89 bits per heavy atom. The molecule has 102 valence electrons. The molecule has 2 N–H and O–H groups in total. The van der Waals surface area contributed by atoms with Crippen molar-refractivity contribution in [3.05, 3.63) is 24.3 Å². The summed E-state index contributed by atoms with van der Waals surface area (Å²) in [7, 11) is 0. The van der Waals surface area contributed by atoms with Crippen molar-refractivity contribution in [2.45, 2.75) is 24.3 Å². The molecule has 5 nitrogen and oxygen atoms in total. The number of carbonyl (C=O) groups is 2. The van der Waals surface area contributed by atoms with E-state index in [9.17, 15) is 9.59 Å². The van der Waals surface area contributed by atoms with Gasteiger partial charge in [0.2, 0.25) is 0 Å². The number of imide groups is 1. The molecule has 1 heterocycles. The Morgan fingerprint density at radius 1 is 1.26 bits per heavy atom. The molecule has 0 unspecified atom stereocenters. The average Bonchev–Trinajstić information content (AvgIpc) is 2.53. The lowest BCUT2D eigenvalue weighted by molar-refractivity contribution is -0.130. The normalized spacial score (nSPS) is 17.7. The van der Waals surface area contributed by atoms with Crippen LogP contribution in [0.4, 0.5) is 4.79 Å². The number of phenolic OH excluding ortho intramolecular Hbond substituents is 1. The quantitative estimate of drug-likeness (QED) is 0.652. The fraction of sp³-hybridized carbons (Fsp3) is 0.385. The molecule has 1 aliphatic rings. The first kappa shape index (κ1) is 13.7. The summed E-state index contributed by atoms with van der Waals surface area (Å²) in [5.41, 5.74) is -0.805. The summed E-state index contributed by atoms with van der Waals surface area (Å²) in [5.74, 6) is 0.657. The van der Waals surface area contributed by atoms with Gasteiger partial charge in [0.25, 0.3) is 5.91 Å². The predicted octanol–water partition coefficient (Wildman–Crippen LogP) is 1.81. The van der Waals surface area contributed by atoms with Crippen LogP contribution in [-0.2, 0) is 4.79 Å². The van der Waals surface area contributed by atoms with E-state index in [4.69, 9.17) is 5.11 Å². The van der Waals surface area contributed by atoms with Gasteiger partial charge in [0.15, 0.2) is 0 Å². The zero-order valence-corrected chi connectivity index (χ0v) is 11.7. The molecule has 0 radical (unpaired) electrons. The van der Waals surface area contributed by atoms with Crippen molar-refractivity contribution in [3.63, 3.8) is 0 Å². The number of nitrogens with zero attached hydrogens (tertiary/aromatic N) is 1. The van der Waals surface area contributed by atoms with Crippen LogP contribution in [-0.4, -0.2) is 39.8 Å². The van der Waals surface area contributed by atoms with Crippen molar-refractivity contribution in [2.75, 3.05) is 12.3 Å². The van der Waals surface area contributed by atoms with Crippen LogP contribution in [0, 0.1) is 0 Å². The minimum atomic E-state index is -0.805. The highest BCUT2D eigenvalue weighted by molar-refractivity contribution is 7.99. The second-order valence-electron chi connectivity index (χ2n) is 4.85. The molecule has 2 rings (SSSR count). The maximum atomic E-state index is 11.9. The van der Waals surface area contributed by atoms with E-state index in [1.165, 1.54) is 16.7 Å². The maximum absolute atomic E-state index is 11.9. The number of nitrogens with one attached hydrogen (secondary N) is 1. The van der Waals surface area contributed by atoms with Crippen molar-refractivity contribution in [3.8, 4) is 5.75 Å². The van der Waals surface area contributed by atoms with Gasteiger partial charge in [0, 0.05) is 17.2 Å². The van der Waals surface area contributed by atoms with E-state index in [1.807, 2.05) is 0 Å². The summed E-state index contributed by atoms with van der Waals surface area (Å²) < 4.78 is 0. The van der Waals surface area contributed by atoms with E-state index in [0.717, 1.165) is 4.90 Å². The Hall–Kier alpha value is -1.69. The number of urea groups is 1. The standard InChI is InChI=1S/C13H16N2O3S/c1-13(2)11(17)15(12(18)14-13)7-8-19-10-5-3-9(16)4-6-10/h3-6,16H,7-8H2,1-2H3,(H,14,18). The van der Waals surface area contributed by atoms with E-state index in [-0.39, 0.29) is 17.7 Å². The highest BCUT2D eigenvalue weighted by Crippen LogP contribution is 2.22. The van der Waals surface area contributed by atoms with Gasteiger partial charge in [-0.25, -0.2) is 4.79 Å². The molecule has 1 saturated heterocycles. The van der Waals surface area contributed by atoms with Crippen molar-refractivity contribution in [1.82, 2.24) is 10.2 Å². The van der Waals surface area contributed by atoms with Gasteiger partial charge in [0.05, 0.1) is 0 Å². The minimum absolute atomic E-state index is 0.191. The van der Waals surface area contributed by atoms with Crippen LogP contribution in [0.2, 0.25) is 0 Å². The van der Waals surface area contributed by atoms with Crippen LogP contribution in [0.3, 0.4) is 0 Å². The van der Waals surface area contributed by atoms with Gasteiger partial charge < -0.3 is 10.4 Å². The van der Waals surface area contributed by atoms with Gasteiger partial charge >= 0.3 is 6.03 Å². The van der Waals surface area contributed by atoms with E-state index < -0.39 is 5.54 Å². The van der Waals surface area contributed by atoms with Gasteiger partial charge in [0.1, 0.15) is 11.3 Å². The zero-order valence-electron chi connectivity index (χ0n) is 10.8. The van der Waals surface area contributed by atoms with Crippen molar-refractivity contribution in [2.24, 2.45) is 0 Å². The maximum Gasteiger partial charge on any atom is 0.325 e. The van der Waals surface area contributed by atoms with Gasteiger partial charge in [-0.3, -0.25) is 9.69 Å². The van der Waals surface area contributed by atoms with E-state index in [0.29, 0.717) is 12.3 Å². The third-order valence-electron chi connectivity index (χ3n) is 2.86. The van der Waals surface area contributed by atoms with Crippen LogP contribution >= 0.6 is 11.8 Å². The lowest BCUT2D eigenvalue weighted by Gasteiger charge is -2.15. The molecule has 0 spiro atoms. The fourth-order valence-electron chi connectivity index (χ4n) is 1.82. The summed E-state index contributed by atoms with van der Waals surface area (Å²) in [6.45, 7) is 3.76. The van der Waals surface area contributed by atoms with Crippen LogP contribution in [0.1, 0.15) is 13.8 Å². The largest absolute Gasteiger partial charge is 0.508 e. The SMILES string of the molecule is CC1(C)NC(=O)N(CCSc2ccc(O)cc2)C1=O. The molecular formula is C13H16N2O3S. The Kier molecular flexibility index (Phi) is 3.71. The smallest absolute Gasteiger partial charge is 0.325 e. The highest BCUT2D eigenvalue weighted by Gasteiger charge is 2.43. The van der Waals surface area contributed by atoms with Gasteiger partial charge in [-0.1, -0.05) is 0 Å². The highest BCUT2D eigenvalue weighted by atomic mass is 32.2. The topological polar surface area (TPSA) is 69.6 Å². The fourth-order valence-corrected chi connectivity index (χ4v) is 2.66. The van der Waals surface area contributed by atoms with Crippen molar-refractivity contribution >= 4 is 23.7 Å². The zero-order chi connectivity index (χ0) is 14.0. The number of benzene rings is 1. The Balaban J connectivity index is 1.88. The number of thioether (sulfide) groups is 1. The van der Waals surface area contributed by atoms with Crippen LogP contribution in [0.5, 0.6) is 5.75 Å². The predicted molar refractivity (Wildman–Crippen MR) is 73.2 cm³/mol. The number of phenols is 1. The number of aromatic hydroxyl groups is 1. The number of carbonyl (C=O) groups excluding carboxylic acids is 2. The minimum Gasteiger partial charge on any atom is -0.508 e. The number of hydrogen-bond acceptors (Lipinski definition) is 4. The first-order valence-corrected chi connectivity index (χ1v) is 6.95. The third-order valence-corrected chi connectivity index (χ3v) is 3.86. The molecular weight excluding hydrogens is 264 g/mol. The average molecular weight is 280 g/mol. The lowest BCUT2D eigenvalue weighted by atomic mass is 10.1. The number of amides is 3. The molecule has 3 amide bonds. The summed E-state index contributed by atoms with van der Waals surface area (Å²) in [4.78, 5) is 25.8. The van der Waals surface area contributed by atoms with Crippen LogP contribution in [0.15, 0.2) is 29.2 Å². The monoisotopic (exact) mass is 280 g/mol. The van der Waals surface area contributed by atoms with Gasteiger partial charge in [-0.2, -0.15) is 0 Å². The molecule has 1 aromatic rings. The van der Waals surface area contributed by atoms with Crippen LogP contribution in [0.25, 0.3) is 0 Å². The first-order valence-electron chi connectivity index (χ1n) is 5.96. The summed E-state index contributed by atoms with van der Waals surface area (Å²) in [6.07, 6.45) is 0. The first-order chi connectivity index (χ1) is 8.90. The molecule has 0 saturated carbocycles. The molecule has 19 heavy (non-hydrogen) atoms. The van der Waals surface area contributed by atoms with Crippen molar-refractivity contribution in [1.29, 1.82) is 0 Å². The van der Waals surface area contributed by atoms with E-state index >= 15 is 0 Å². The molecule has 1 aromatic carbocycles. The lowest BCUT2D eigenvalue weighted by Crippen LogP contribution is -2.40. The molecule has 1 aliphatic heterocycles. The van der Waals surface area contributed by atoms with Crippen molar-refractivity contribution < 1.29 is 14.7 Å². The van der Waals surface area contributed by atoms with Gasteiger partial charge in [-0.15, -0.1) is 11.8 Å².